The summed E-state index contributed by atoms with van der Waals surface area (Å²) in [4.78, 5) is 34.4. The van der Waals surface area contributed by atoms with Gasteiger partial charge < -0.3 is 10.0 Å². The van der Waals surface area contributed by atoms with Gasteiger partial charge in [0.05, 0.1) is 16.9 Å². The molecule has 1 amide bonds. The Bertz CT molecular complexity index is 604. The summed E-state index contributed by atoms with van der Waals surface area (Å²) in [5.41, 5.74) is -0.655. The molecule has 8 heteroatoms. The molecule has 1 N–H and O–H groups in total. The van der Waals surface area contributed by atoms with E-state index in [0.29, 0.717) is 19.4 Å². The van der Waals surface area contributed by atoms with Crippen LogP contribution >= 0.6 is 0 Å². The third-order valence-corrected chi connectivity index (χ3v) is 3.40. The summed E-state index contributed by atoms with van der Waals surface area (Å²) in [7, 11) is 0. The van der Waals surface area contributed by atoms with Gasteiger partial charge >= 0.3 is 5.97 Å². The van der Waals surface area contributed by atoms with Crippen molar-refractivity contribution in [1.82, 2.24) is 4.90 Å². The van der Waals surface area contributed by atoms with E-state index < -0.39 is 34.2 Å². The Balaban J connectivity index is 2.23. The molecule has 2 rings (SSSR count). The Labute approximate surface area is 119 Å². The molecule has 1 fully saturated rings. The van der Waals surface area contributed by atoms with Crippen LogP contribution in [0.5, 0.6) is 0 Å². The van der Waals surface area contributed by atoms with Crippen LogP contribution in [0.3, 0.4) is 0 Å². The van der Waals surface area contributed by atoms with Crippen molar-refractivity contribution in [2.75, 3.05) is 13.1 Å². The Morgan fingerprint density at radius 2 is 2.10 bits per heavy atom. The quantitative estimate of drug-likeness (QED) is 0.675. The summed E-state index contributed by atoms with van der Waals surface area (Å²) in [5, 5.41) is 19.7. The lowest BCUT2D eigenvalue weighted by Gasteiger charge is -2.30. The van der Waals surface area contributed by atoms with Gasteiger partial charge in [0.1, 0.15) is 5.82 Å². The van der Waals surface area contributed by atoms with Crippen molar-refractivity contribution in [2.45, 2.75) is 12.8 Å². The Kier molecular flexibility index (Phi) is 4.15. The minimum Gasteiger partial charge on any atom is -0.481 e. The highest BCUT2D eigenvalue weighted by atomic mass is 19.1. The highest BCUT2D eigenvalue weighted by Crippen LogP contribution is 2.22. The maximum absolute atomic E-state index is 13.4. The van der Waals surface area contributed by atoms with E-state index in [0.717, 1.165) is 18.2 Å². The lowest BCUT2D eigenvalue weighted by atomic mass is 9.97. The number of halogens is 1. The van der Waals surface area contributed by atoms with E-state index in [1.165, 1.54) is 4.90 Å². The Morgan fingerprint density at radius 1 is 1.38 bits per heavy atom. The summed E-state index contributed by atoms with van der Waals surface area (Å²) in [6, 6.07) is 2.64. The number of hydrogen-bond donors (Lipinski definition) is 1. The molecule has 1 aromatic rings. The molecule has 0 aliphatic carbocycles. The first kappa shape index (κ1) is 14.9. The molecule has 21 heavy (non-hydrogen) atoms. The van der Waals surface area contributed by atoms with Gasteiger partial charge in [-0.25, -0.2) is 4.39 Å². The predicted molar refractivity (Wildman–Crippen MR) is 69.3 cm³/mol. The van der Waals surface area contributed by atoms with Crippen molar-refractivity contribution in [1.29, 1.82) is 0 Å². The van der Waals surface area contributed by atoms with Crippen molar-refractivity contribution < 1.29 is 24.0 Å². The average Bonchev–Trinajstić information content (AvgIpc) is 2.45. The largest absolute Gasteiger partial charge is 0.481 e. The van der Waals surface area contributed by atoms with E-state index >= 15 is 0 Å². The number of aliphatic carboxylic acids is 1. The summed E-state index contributed by atoms with van der Waals surface area (Å²) in [6.45, 7) is 0.380. The van der Waals surface area contributed by atoms with Gasteiger partial charge in [0.15, 0.2) is 0 Å². The number of rotatable bonds is 3. The standard InChI is InChI=1S/C13H13FN2O5/c14-10-4-9(5-11(6-10)16(20)21)12(17)15-3-1-2-8(7-15)13(18)19/h4-6,8H,1-3,7H2,(H,18,19). The topological polar surface area (TPSA) is 101 Å². The zero-order valence-corrected chi connectivity index (χ0v) is 11.0. The van der Waals surface area contributed by atoms with Gasteiger partial charge in [-0.15, -0.1) is 0 Å². The number of carbonyl (C=O) groups excluding carboxylic acids is 1. The van der Waals surface area contributed by atoms with Gasteiger partial charge in [-0.05, 0) is 18.9 Å². The minimum atomic E-state index is -0.988. The number of likely N-dealkylation sites (tertiary alicyclic amines) is 1. The van der Waals surface area contributed by atoms with Crippen LogP contribution in [0.15, 0.2) is 18.2 Å². The highest BCUT2D eigenvalue weighted by molar-refractivity contribution is 5.95. The second-order valence-corrected chi connectivity index (χ2v) is 4.88. The number of benzene rings is 1. The number of carbonyl (C=O) groups is 2. The highest BCUT2D eigenvalue weighted by Gasteiger charge is 2.29. The molecule has 1 aromatic carbocycles. The summed E-state index contributed by atoms with van der Waals surface area (Å²) in [6.07, 6.45) is 1.00. The van der Waals surface area contributed by atoms with E-state index in [4.69, 9.17) is 5.11 Å². The zero-order chi connectivity index (χ0) is 15.6. The van der Waals surface area contributed by atoms with Gasteiger partial charge in [0.2, 0.25) is 0 Å². The zero-order valence-electron chi connectivity index (χ0n) is 11.0. The number of nitro groups is 1. The fourth-order valence-electron chi connectivity index (χ4n) is 2.35. The van der Waals surface area contributed by atoms with Gasteiger partial charge in [0, 0.05) is 24.7 Å². The number of carboxylic acids is 1. The van der Waals surface area contributed by atoms with Crippen LogP contribution in [0.2, 0.25) is 0 Å². The third kappa shape index (κ3) is 3.33. The SMILES string of the molecule is O=C(O)C1CCCN(C(=O)c2cc(F)cc([N+](=O)[O-])c2)C1. The van der Waals surface area contributed by atoms with Crippen molar-refractivity contribution in [3.05, 3.63) is 39.7 Å². The van der Waals surface area contributed by atoms with E-state index in [2.05, 4.69) is 0 Å². The molecule has 112 valence electrons. The second-order valence-electron chi connectivity index (χ2n) is 4.88. The molecule has 0 spiro atoms. The van der Waals surface area contributed by atoms with Crippen molar-refractivity contribution in [3.8, 4) is 0 Å². The third-order valence-electron chi connectivity index (χ3n) is 3.40. The number of piperidine rings is 1. The van der Waals surface area contributed by atoms with E-state index in [1.807, 2.05) is 0 Å². The molecule has 1 saturated heterocycles. The molecule has 1 heterocycles. The molecule has 7 nitrogen and oxygen atoms in total. The van der Waals surface area contributed by atoms with Crippen LogP contribution < -0.4 is 0 Å². The first-order chi connectivity index (χ1) is 9.88. The Morgan fingerprint density at radius 3 is 2.71 bits per heavy atom. The molecule has 0 radical (unpaired) electrons. The summed E-state index contributed by atoms with van der Waals surface area (Å²) in [5.74, 6) is -3.12. The first-order valence-corrected chi connectivity index (χ1v) is 6.35. The van der Waals surface area contributed by atoms with Crippen LogP contribution in [-0.4, -0.2) is 39.9 Å². The fraction of sp³-hybridized carbons (Fsp3) is 0.385. The van der Waals surface area contributed by atoms with Gasteiger partial charge in [-0.3, -0.25) is 19.7 Å². The average molecular weight is 296 g/mol. The fourth-order valence-corrected chi connectivity index (χ4v) is 2.35. The lowest BCUT2D eigenvalue weighted by molar-refractivity contribution is -0.385. The molecule has 0 aromatic heterocycles. The minimum absolute atomic E-state index is 0.0263. The van der Waals surface area contributed by atoms with Crippen molar-refractivity contribution in [3.63, 3.8) is 0 Å². The summed E-state index contributed by atoms with van der Waals surface area (Å²) < 4.78 is 13.4. The smallest absolute Gasteiger partial charge is 0.308 e. The van der Waals surface area contributed by atoms with Gasteiger partial charge in [0.25, 0.3) is 11.6 Å². The van der Waals surface area contributed by atoms with Gasteiger partial charge in [-0.1, -0.05) is 0 Å². The van der Waals surface area contributed by atoms with Crippen LogP contribution in [0, 0.1) is 21.8 Å². The van der Waals surface area contributed by atoms with Crippen LogP contribution in [0.4, 0.5) is 10.1 Å². The maximum Gasteiger partial charge on any atom is 0.308 e. The molecule has 0 saturated carbocycles. The second kappa shape index (κ2) is 5.86. The molecule has 0 bridgehead atoms. The first-order valence-electron chi connectivity index (χ1n) is 6.35. The predicted octanol–water partition coefficient (Wildman–Crippen LogP) is 1.67. The molecular formula is C13H13FN2O5. The molecule has 1 aliphatic heterocycles. The number of nitrogens with zero attached hydrogens (tertiary/aromatic N) is 2. The molecule has 1 atom stereocenters. The van der Waals surface area contributed by atoms with Gasteiger partial charge in [-0.2, -0.15) is 0 Å². The van der Waals surface area contributed by atoms with E-state index in [9.17, 15) is 24.1 Å². The maximum atomic E-state index is 13.4. The van der Waals surface area contributed by atoms with Crippen molar-refractivity contribution >= 4 is 17.6 Å². The molecule has 1 aliphatic rings. The monoisotopic (exact) mass is 296 g/mol. The number of non-ortho nitro benzene ring substituents is 1. The Hall–Kier alpha value is -2.51. The van der Waals surface area contributed by atoms with Crippen LogP contribution in [0.1, 0.15) is 23.2 Å². The van der Waals surface area contributed by atoms with Crippen LogP contribution in [0.25, 0.3) is 0 Å². The number of hydrogen-bond acceptors (Lipinski definition) is 4. The number of carboxylic acid groups (broad SMARTS) is 1. The van der Waals surface area contributed by atoms with E-state index in [-0.39, 0.29) is 12.1 Å². The van der Waals surface area contributed by atoms with Crippen molar-refractivity contribution in [2.24, 2.45) is 5.92 Å². The van der Waals surface area contributed by atoms with E-state index in [1.54, 1.807) is 0 Å². The normalized spacial score (nSPS) is 18.3. The lowest BCUT2D eigenvalue weighted by Crippen LogP contribution is -2.42. The summed E-state index contributed by atoms with van der Waals surface area (Å²) >= 11 is 0. The molecular weight excluding hydrogens is 283 g/mol. The number of nitro benzene ring substituents is 1. The molecule has 1 unspecified atom stereocenters. The van der Waals surface area contributed by atoms with Crippen LogP contribution in [-0.2, 0) is 4.79 Å². The number of amides is 1.